The monoisotopic (exact) mass is 496 g/mol. The average Bonchev–Trinajstić information content (AvgIpc) is 3.14. The summed E-state index contributed by atoms with van der Waals surface area (Å²) in [5.41, 5.74) is 0.802. The van der Waals surface area contributed by atoms with Crippen LogP contribution in [0.2, 0.25) is 0 Å². The lowest BCUT2D eigenvalue weighted by Crippen LogP contribution is -2.19. The van der Waals surface area contributed by atoms with E-state index in [0.717, 1.165) is 21.0 Å². The molecule has 0 fully saturated rings. The zero-order valence-electron chi connectivity index (χ0n) is 18.4. The van der Waals surface area contributed by atoms with E-state index in [4.69, 9.17) is 16.3 Å². The normalized spacial score (nSPS) is 12.1. The number of nitrogens with zero attached hydrogens (tertiary/aromatic N) is 1. The topological polar surface area (TPSA) is 94.5 Å². The summed E-state index contributed by atoms with van der Waals surface area (Å²) in [7, 11) is -3.89. The Balaban J connectivity index is 1.84. The maximum Gasteiger partial charge on any atom is 0.356 e. The number of carbonyl (C=O) groups is 2. The van der Waals surface area contributed by atoms with Gasteiger partial charge in [-0.1, -0.05) is 66.2 Å². The van der Waals surface area contributed by atoms with Crippen LogP contribution in [0.5, 0.6) is 0 Å². The van der Waals surface area contributed by atoms with E-state index in [9.17, 15) is 18.0 Å². The Kier molecular flexibility index (Phi) is 6.45. The second-order valence-corrected chi connectivity index (χ2v) is 9.74. The summed E-state index contributed by atoms with van der Waals surface area (Å²) < 4.78 is 31.2. The molecule has 0 spiro atoms. The zero-order chi connectivity index (χ0) is 24.5. The lowest BCUT2D eigenvalue weighted by Gasteiger charge is -2.09. The summed E-state index contributed by atoms with van der Waals surface area (Å²) >= 11 is 6.38. The van der Waals surface area contributed by atoms with Crippen LogP contribution < -0.4 is 5.32 Å². The molecule has 34 heavy (non-hydrogen) atoms. The molecule has 4 rings (SSSR count). The van der Waals surface area contributed by atoms with Gasteiger partial charge in [0.25, 0.3) is 5.91 Å². The number of ether oxygens (including phenoxy) is 1. The Bertz CT molecular complexity index is 1570. The number of rotatable bonds is 6. The minimum absolute atomic E-state index is 0.0442. The third kappa shape index (κ3) is 4.42. The average molecular weight is 497 g/mol. The summed E-state index contributed by atoms with van der Waals surface area (Å²) in [4.78, 5) is 25.8. The number of hydrogen-bond donors (Lipinski definition) is 1. The van der Waals surface area contributed by atoms with Crippen LogP contribution in [0.25, 0.3) is 27.8 Å². The molecule has 0 bridgehead atoms. The molecule has 0 atom stereocenters. The van der Waals surface area contributed by atoms with Crippen molar-refractivity contribution in [2.75, 3.05) is 18.2 Å². The van der Waals surface area contributed by atoms with Crippen LogP contribution in [-0.2, 0) is 19.6 Å². The number of para-hydroxylation sites is 1. The maximum absolute atomic E-state index is 13.0. The fraction of sp³-hybridized carbons (Fsp3) is 0.120. The van der Waals surface area contributed by atoms with Crippen molar-refractivity contribution in [1.29, 1.82) is 0 Å². The van der Waals surface area contributed by atoms with E-state index >= 15 is 0 Å². The van der Waals surface area contributed by atoms with Gasteiger partial charge >= 0.3 is 5.97 Å². The molecule has 0 saturated carbocycles. The first kappa shape index (κ1) is 23.5. The Hall–Kier alpha value is -3.62. The van der Waals surface area contributed by atoms with E-state index in [1.807, 2.05) is 36.4 Å². The number of halogens is 1. The highest BCUT2D eigenvalue weighted by atomic mass is 35.5. The molecule has 0 saturated heterocycles. The fourth-order valence-corrected chi connectivity index (χ4v) is 5.00. The molecule has 9 heteroatoms. The molecular formula is C25H21ClN2O5S. The molecule has 1 N–H and O–H groups in total. The molecular weight excluding hydrogens is 476 g/mol. The maximum atomic E-state index is 13.0. The number of fused-ring (bicyclic) bond motifs is 2. The predicted octanol–water partition coefficient (Wildman–Crippen LogP) is 5.00. The van der Waals surface area contributed by atoms with Gasteiger partial charge in [-0.05, 0) is 30.5 Å². The van der Waals surface area contributed by atoms with Crippen LogP contribution in [0.4, 0.5) is 5.69 Å². The number of esters is 1. The van der Waals surface area contributed by atoms with Crippen molar-refractivity contribution >= 4 is 66.9 Å². The van der Waals surface area contributed by atoms with Crippen molar-refractivity contribution in [3.63, 3.8) is 0 Å². The molecule has 0 radical (unpaired) electrons. The molecule has 0 aliphatic rings. The van der Waals surface area contributed by atoms with Gasteiger partial charge in [-0.3, -0.25) is 4.79 Å². The molecule has 4 aromatic rings. The van der Waals surface area contributed by atoms with Gasteiger partial charge in [0, 0.05) is 22.0 Å². The standard InChI is InChI=1S/C25H21ClN2O5S/c1-3-33-25(30)23-19(18-12-6-7-14-22(18)28(23)34(2,31)32)15-20(26)24(29)27-21-13-8-10-16-9-4-5-11-17(16)21/h4-15H,3H2,1-2H3,(H,27,29)/b20-15-. The number of carbonyl (C=O) groups excluding carboxylic acids is 2. The van der Waals surface area contributed by atoms with Crippen LogP contribution in [0, 0.1) is 0 Å². The molecule has 0 unspecified atom stereocenters. The molecule has 1 heterocycles. The van der Waals surface area contributed by atoms with Gasteiger partial charge < -0.3 is 10.1 Å². The highest BCUT2D eigenvalue weighted by Crippen LogP contribution is 2.31. The van der Waals surface area contributed by atoms with Gasteiger partial charge in [0.2, 0.25) is 10.0 Å². The van der Waals surface area contributed by atoms with Crippen molar-refractivity contribution in [1.82, 2.24) is 3.97 Å². The molecule has 0 aliphatic heterocycles. The molecule has 3 aromatic carbocycles. The van der Waals surface area contributed by atoms with Crippen LogP contribution in [0.1, 0.15) is 23.0 Å². The van der Waals surface area contributed by atoms with E-state index in [0.29, 0.717) is 11.1 Å². The summed E-state index contributed by atoms with van der Waals surface area (Å²) in [6, 6.07) is 19.6. The number of hydrogen-bond acceptors (Lipinski definition) is 5. The van der Waals surface area contributed by atoms with Gasteiger partial charge in [-0.25, -0.2) is 17.2 Å². The lowest BCUT2D eigenvalue weighted by atomic mass is 10.1. The molecule has 0 aliphatic carbocycles. The van der Waals surface area contributed by atoms with Crippen LogP contribution in [0.15, 0.2) is 71.8 Å². The number of benzene rings is 3. The summed E-state index contributed by atoms with van der Waals surface area (Å²) in [6.07, 6.45) is 2.28. The summed E-state index contributed by atoms with van der Waals surface area (Å²) in [6.45, 7) is 1.66. The van der Waals surface area contributed by atoms with E-state index in [1.54, 1.807) is 37.3 Å². The number of anilines is 1. The van der Waals surface area contributed by atoms with E-state index in [2.05, 4.69) is 5.32 Å². The predicted molar refractivity (Wildman–Crippen MR) is 135 cm³/mol. The Labute approximate surface area is 201 Å². The van der Waals surface area contributed by atoms with E-state index in [1.165, 1.54) is 6.08 Å². The SMILES string of the molecule is CCOC(=O)c1c(/C=C(\Cl)C(=O)Nc2cccc3ccccc23)c2ccccc2n1S(C)(=O)=O. The molecule has 174 valence electrons. The van der Waals surface area contributed by atoms with Gasteiger partial charge in [-0.15, -0.1) is 0 Å². The van der Waals surface area contributed by atoms with E-state index in [-0.39, 0.29) is 28.4 Å². The first-order valence-electron chi connectivity index (χ1n) is 10.4. The van der Waals surface area contributed by atoms with Crippen LogP contribution >= 0.6 is 11.6 Å². The first-order valence-corrected chi connectivity index (χ1v) is 12.6. The Morgan fingerprint density at radius 2 is 1.65 bits per heavy atom. The molecule has 1 aromatic heterocycles. The van der Waals surface area contributed by atoms with Crippen molar-refractivity contribution in [3.8, 4) is 0 Å². The van der Waals surface area contributed by atoms with Gasteiger partial charge in [-0.2, -0.15) is 0 Å². The second-order valence-electron chi connectivity index (χ2n) is 7.50. The second kappa shape index (κ2) is 9.32. The fourth-order valence-electron chi connectivity index (χ4n) is 3.83. The van der Waals surface area contributed by atoms with Crippen molar-refractivity contribution < 1.29 is 22.7 Å². The van der Waals surface area contributed by atoms with Crippen LogP contribution in [-0.4, -0.2) is 37.1 Å². The highest BCUT2D eigenvalue weighted by Gasteiger charge is 2.28. The lowest BCUT2D eigenvalue weighted by molar-refractivity contribution is -0.112. The third-order valence-corrected chi connectivity index (χ3v) is 6.52. The first-order chi connectivity index (χ1) is 16.2. The Morgan fingerprint density at radius 3 is 2.35 bits per heavy atom. The van der Waals surface area contributed by atoms with Crippen molar-refractivity contribution in [2.45, 2.75) is 6.92 Å². The summed E-state index contributed by atoms with van der Waals surface area (Å²) in [5.74, 6) is -1.45. The highest BCUT2D eigenvalue weighted by molar-refractivity contribution is 7.89. The van der Waals surface area contributed by atoms with Gasteiger partial charge in [0.05, 0.1) is 18.4 Å². The molecule has 7 nitrogen and oxygen atoms in total. The minimum Gasteiger partial charge on any atom is -0.461 e. The number of amides is 1. The number of nitrogens with one attached hydrogen (secondary N) is 1. The number of aromatic nitrogens is 1. The quantitative estimate of drug-likeness (QED) is 0.299. The zero-order valence-corrected chi connectivity index (χ0v) is 20.0. The van der Waals surface area contributed by atoms with Crippen molar-refractivity contribution in [2.24, 2.45) is 0 Å². The Morgan fingerprint density at radius 1 is 1.00 bits per heavy atom. The van der Waals surface area contributed by atoms with Gasteiger partial charge in [0.1, 0.15) is 10.7 Å². The molecule has 1 amide bonds. The van der Waals surface area contributed by atoms with E-state index < -0.39 is 21.9 Å². The van der Waals surface area contributed by atoms with Gasteiger partial charge in [0.15, 0.2) is 0 Å². The smallest absolute Gasteiger partial charge is 0.356 e. The summed E-state index contributed by atoms with van der Waals surface area (Å²) in [5, 5.41) is 4.78. The minimum atomic E-state index is -3.89. The largest absolute Gasteiger partial charge is 0.461 e. The third-order valence-electron chi connectivity index (χ3n) is 5.20. The van der Waals surface area contributed by atoms with Crippen molar-refractivity contribution in [3.05, 3.63) is 83.0 Å². The van der Waals surface area contributed by atoms with Crippen LogP contribution in [0.3, 0.4) is 0 Å².